The van der Waals surface area contributed by atoms with E-state index in [1.807, 2.05) is 6.92 Å². The van der Waals surface area contributed by atoms with Crippen LogP contribution in [0.25, 0.3) is 0 Å². The highest BCUT2D eigenvalue weighted by Crippen LogP contribution is 2.62. The van der Waals surface area contributed by atoms with Crippen molar-refractivity contribution in [2.45, 2.75) is 85.0 Å². The van der Waals surface area contributed by atoms with Crippen LogP contribution in [0.2, 0.25) is 0 Å². The van der Waals surface area contributed by atoms with E-state index in [-0.39, 0.29) is 23.7 Å². The summed E-state index contributed by atoms with van der Waals surface area (Å²) in [5.41, 5.74) is -1.03. The summed E-state index contributed by atoms with van der Waals surface area (Å²) in [6.07, 6.45) is 0.707. The number of hydrogen-bond acceptors (Lipinski definition) is 7. The lowest BCUT2D eigenvalue weighted by atomic mass is 9.45. The number of ether oxygens (including phenoxy) is 3. The van der Waals surface area contributed by atoms with E-state index >= 15 is 0 Å². The fourth-order valence-corrected chi connectivity index (χ4v) is 5.74. The van der Waals surface area contributed by atoms with Gasteiger partial charge in [-0.25, -0.2) is 4.79 Å². The van der Waals surface area contributed by atoms with Gasteiger partial charge in [0.25, 0.3) is 0 Å². The van der Waals surface area contributed by atoms with Crippen LogP contribution in [0.1, 0.15) is 66.7 Å². The van der Waals surface area contributed by atoms with Crippen molar-refractivity contribution in [1.82, 2.24) is 0 Å². The Morgan fingerprint density at radius 2 is 1.79 bits per heavy atom. The number of fused-ring (bicyclic) bond motifs is 3. The monoisotopic (exact) mass is 394 g/mol. The van der Waals surface area contributed by atoms with E-state index in [4.69, 9.17) is 14.2 Å². The quantitative estimate of drug-likeness (QED) is 0.536. The minimum absolute atomic E-state index is 0.137. The SMILES string of the molecule is CC(=O)O[C@H]1CC[C@]2(C)CC[C@H]3C(=O)O[C@H](C(=O)OC(C)C)C[C@]3(C)[C@H]2C1=O. The van der Waals surface area contributed by atoms with Crippen molar-refractivity contribution in [1.29, 1.82) is 0 Å². The van der Waals surface area contributed by atoms with E-state index in [0.717, 1.165) is 12.8 Å². The van der Waals surface area contributed by atoms with Gasteiger partial charge in [0.15, 0.2) is 18.0 Å². The van der Waals surface area contributed by atoms with Gasteiger partial charge in [-0.3, -0.25) is 14.4 Å². The summed E-state index contributed by atoms with van der Waals surface area (Å²) in [5.74, 6) is -2.56. The maximum atomic E-state index is 13.4. The molecule has 1 heterocycles. The van der Waals surface area contributed by atoms with Crippen molar-refractivity contribution in [2.75, 3.05) is 0 Å². The summed E-state index contributed by atoms with van der Waals surface area (Å²) in [7, 11) is 0. The lowest BCUT2D eigenvalue weighted by molar-refractivity contribution is -0.207. The van der Waals surface area contributed by atoms with Crippen LogP contribution in [0, 0.1) is 22.7 Å². The maximum absolute atomic E-state index is 13.4. The van der Waals surface area contributed by atoms with Gasteiger partial charge in [0.1, 0.15) is 0 Å². The third-order valence-electron chi connectivity index (χ3n) is 6.83. The van der Waals surface area contributed by atoms with Crippen LogP contribution in [0.15, 0.2) is 0 Å². The Labute approximate surface area is 165 Å². The maximum Gasteiger partial charge on any atom is 0.347 e. The van der Waals surface area contributed by atoms with E-state index in [1.54, 1.807) is 13.8 Å². The highest BCUT2D eigenvalue weighted by molar-refractivity contribution is 5.91. The summed E-state index contributed by atoms with van der Waals surface area (Å²) in [5, 5.41) is 0. The second-order valence-electron chi connectivity index (χ2n) is 9.34. The first kappa shape index (κ1) is 20.8. The predicted molar refractivity (Wildman–Crippen MR) is 97.9 cm³/mol. The molecule has 0 aromatic heterocycles. The number of hydrogen-bond donors (Lipinski definition) is 0. The van der Waals surface area contributed by atoms with Gasteiger partial charge in [0.05, 0.1) is 12.0 Å². The van der Waals surface area contributed by atoms with Gasteiger partial charge in [-0.1, -0.05) is 13.8 Å². The van der Waals surface area contributed by atoms with Crippen molar-refractivity contribution in [3.8, 4) is 0 Å². The summed E-state index contributed by atoms with van der Waals surface area (Å²) in [6, 6.07) is 0. The summed E-state index contributed by atoms with van der Waals surface area (Å²) in [4.78, 5) is 50.0. The molecular formula is C21H30O7. The molecule has 0 N–H and O–H groups in total. The molecule has 3 fully saturated rings. The number of carbonyl (C=O) groups excluding carboxylic acids is 4. The van der Waals surface area contributed by atoms with E-state index in [2.05, 4.69) is 6.92 Å². The van der Waals surface area contributed by atoms with Crippen LogP contribution in [-0.4, -0.2) is 42.0 Å². The van der Waals surface area contributed by atoms with Gasteiger partial charge in [0.2, 0.25) is 0 Å². The summed E-state index contributed by atoms with van der Waals surface area (Å²) >= 11 is 0. The molecule has 156 valence electrons. The topological polar surface area (TPSA) is 96.0 Å². The average molecular weight is 394 g/mol. The van der Waals surface area contributed by atoms with E-state index < -0.39 is 47.4 Å². The molecule has 7 nitrogen and oxygen atoms in total. The molecule has 0 radical (unpaired) electrons. The lowest BCUT2D eigenvalue weighted by Gasteiger charge is -2.59. The summed E-state index contributed by atoms with van der Waals surface area (Å²) < 4.78 is 15.9. The molecule has 0 unspecified atom stereocenters. The fourth-order valence-electron chi connectivity index (χ4n) is 5.74. The van der Waals surface area contributed by atoms with Crippen LogP contribution in [0.5, 0.6) is 0 Å². The van der Waals surface area contributed by atoms with E-state index in [0.29, 0.717) is 12.8 Å². The van der Waals surface area contributed by atoms with Crippen molar-refractivity contribution in [3.63, 3.8) is 0 Å². The van der Waals surface area contributed by atoms with Gasteiger partial charge >= 0.3 is 17.9 Å². The Kier molecular flexibility index (Phi) is 5.32. The number of Topliss-reactive ketones (excluding diaryl/α,β-unsaturated/α-hetero) is 1. The molecule has 0 amide bonds. The smallest absolute Gasteiger partial charge is 0.347 e. The molecule has 0 bridgehead atoms. The average Bonchev–Trinajstić information content (AvgIpc) is 2.55. The number of carbonyl (C=O) groups is 4. The van der Waals surface area contributed by atoms with E-state index in [9.17, 15) is 19.2 Å². The Morgan fingerprint density at radius 1 is 1.14 bits per heavy atom. The number of rotatable bonds is 3. The summed E-state index contributed by atoms with van der Waals surface area (Å²) in [6.45, 7) is 8.74. The minimum Gasteiger partial charge on any atom is -0.460 e. The Bertz CT molecular complexity index is 699. The highest BCUT2D eigenvalue weighted by Gasteiger charge is 2.64. The number of esters is 3. The standard InChI is InChI=1S/C21H30O7/c1-11(2)26-19(25)15-10-21(5)13(18(24)28-15)6-8-20(4)9-7-14(27-12(3)22)16(23)17(20)21/h11,13-15,17H,6-10H2,1-5H3/t13-,14-,15-,17-,20-,21-/m0/s1. The molecule has 6 atom stereocenters. The van der Waals surface area contributed by atoms with Crippen molar-refractivity contribution in [3.05, 3.63) is 0 Å². The van der Waals surface area contributed by atoms with Crippen molar-refractivity contribution < 1.29 is 33.4 Å². The largest absolute Gasteiger partial charge is 0.460 e. The molecule has 1 aliphatic heterocycles. The molecule has 0 spiro atoms. The van der Waals surface area contributed by atoms with Gasteiger partial charge in [0, 0.05) is 19.3 Å². The van der Waals surface area contributed by atoms with Gasteiger partial charge < -0.3 is 14.2 Å². The van der Waals surface area contributed by atoms with Crippen LogP contribution >= 0.6 is 0 Å². The number of ketones is 1. The van der Waals surface area contributed by atoms with Crippen molar-refractivity contribution in [2.24, 2.45) is 22.7 Å². The van der Waals surface area contributed by atoms with E-state index in [1.165, 1.54) is 6.92 Å². The predicted octanol–water partition coefficient (Wildman–Crippen LogP) is 2.59. The zero-order valence-electron chi connectivity index (χ0n) is 17.3. The zero-order valence-corrected chi connectivity index (χ0v) is 17.3. The normalized spacial score (nSPS) is 40.2. The fraction of sp³-hybridized carbons (Fsp3) is 0.810. The highest BCUT2D eigenvalue weighted by atomic mass is 16.6. The van der Waals surface area contributed by atoms with Crippen LogP contribution < -0.4 is 0 Å². The Hall–Kier alpha value is -1.92. The molecule has 28 heavy (non-hydrogen) atoms. The third kappa shape index (κ3) is 3.44. The van der Waals surface area contributed by atoms with Gasteiger partial charge in [-0.05, 0) is 50.4 Å². The second kappa shape index (κ2) is 7.16. The first-order valence-electron chi connectivity index (χ1n) is 10.1. The molecule has 3 rings (SSSR count). The number of cyclic esters (lactones) is 1. The van der Waals surface area contributed by atoms with Crippen molar-refractivity contribution >= 4 is 23.7 Å². The van der Waals surface area contributed by atoms with Gasteiger partial charge in [-0.2, -0.15) is 0 Å². The van der Waals surface area contributed by atoms with Gasteiger partial charge in [-0.15, -0.1) is 0 Å². The molecule has 7 heteroatoms. The van der Waals surface area contributed by atoms with Crippen LogP contribution in [-0.2, 0) is 33.4 Å². The molecule has 3 aliphatic rings. The Morgan fingerprint density at radius 3 is 2.39 bits per heavy atom. The molecular weight excluding hydrogens is 364 g/mol. The first-order valence-corrected chi connectivity index (χ1v) is 10.1. The molecule has 2 aliphatic carbocycles. The van der Waals surface area contributed by atoms with Crippen LogP contribution in [0.4, 0.5) is 0 Å². The zero-order chi connectivity index (χ0) is 20.9. The molecule has 1 saturated heterocycles. The molecule has 0 aromatic carbocycles. The Balaban J connectivity index is 1.94. The molecule has 2 saturated carbocycles. The first-order chi connectivity index (χ1) is 13.0. The third-order valence-corrected chi connectivity index (χ3v) is 6.83. The lowest BCUT2D eigenvalue weighted by Crippen LogP contribution is -2.62. The second-order valence-corrected chi connectivity index (χ2v) is 9.34. The minimum atomic E-state index is -1.01. The molecule has 0 aromatic rings. The van der Waals surface area contributed by atoms with Crippen LogP contribution in [0.3, 0.4) is 0 Å².